The molecule has 8 bridgehead atoms. The van der Waals surface area contributed by atoms with Crippen LogP contribution in [0.1, 0.15) is 135 Å². The van der Waals surface area contributed by atoms with Crippen LogP contribution in [-0.4, -0.2) is 20.4 Å². The number of hydrogen-bond acceptors (Lipinski definition) is 4. The number of phenolic OH excluding ortho intramolecular Hbond substituents is 4. The summed E-state index contributed by atoms with van der Waals surface area (Å²) in [6, 6.07) is 32.6. The lowest BCUT2D eigenvalue weighted by molar-refractivity contribution is 0.462. The van der Waals surface area contributed by atoms with E-state index in [2.05, 4.69) is 0 Å². The largest absolute Gasteiger partial charge is 0.507 e. The molecule has 1 aliphatic rings. The van der Waals surface area contributed by atoms with Gasteiger partial charge in [0.05, 0.1) is 0 Å². The van der Waals surface area contributed by atoms with E-state index in [1.807, 2.05) is 79.7 Å². The Morgan fingerprint density at radius 1 is 0.250 bits per heavy atom. The van der Waals surface area contributed by atoms with Crippen LogP contribution in [0.25, 0.3) is 0 Å². The number of rotatable bonds is 4. The molecule has 0 unspecified atom stereocenters. The Hall–Kier alpha value is -7.32. The van der Waals surface area contributed by atoms with E-state index in [9.17, 15) is 38.0 Å². The molecule has 0 saturated heterocycles. The van der Waals surface area contributed by atoms with Crippen molar-refractivity contribution in [3.63, 3.8) is 0 Å². The number of aromatic hydroxyl groups is 4. The summed E-state index contributed by atoms with van der Waals surface area (Å²) in [7, 11) is 0. The summed E-state index contributed by atoms with van der Waals surface area (Å²) < 4.78 is 59.6. The number of hydrogen-bond donors (Lipinski definition) is 4. The Bertz CT molecular complexity index is 2730. The van der Waals surface area contributed by atoms with Gasteiger partial charge >= 0.3 is 0 Å². The summed E-state index contributed by atoms with van der Waals surface area (Å²) in [5.74, 6) is -4.67. The summed E-state index contributed by atoms with van der Waals surface area (Å²) in [6.07, 6.45) is 0. The van der Waals surface area contributed by atoms with Crippen molar-refractivity contribution < 1.29 is 38.0 Å². The van der Waals surface area contributed by atoms with Gasteiger partial charge in [0, 0.05) is 23.7 Å². The molecule has 4 N–H and O–H groups in total. The lowest BCUT2D eigenvalue weighted by Gasteiger charge is -2.33. The standard InChI is InChI=1S/C60H52F4O4/c1-29-45-25-46(30(2)57(29)65)54(38-11-19-42(62)20-12-38)49-27-50(34(6)59(67)33(49)5)56(40-15-23-44(64)24-16-40)52-28-51(35(7)60(68)36(52)8)55(39-13-21-43(63)22-14-39)48-26-47(31(3)58(66)32(48)4)53(45)37-9-17-41(61)18-10-37/h9-28,53-56,65-68H,1-8H3. The van der Waals surface area contributed by atoms with E-state index in [0.717, 1.165) is 0 Å². The van der Waals surface area contributed by atoms with E-state index >= 15 is 0 Å². The minimum atomic E-state index is -0.726. The predicted molar refractivity (Wildman–Crippen MR) is 260 cm³/mol. The van der Waals surface area contributed by atoms with Crippen molar-refractivity contribution in [2.24, 2.45) is 0 Å². The van der Waals surface area contributed by atoms with Gasteiger partial charge in [0.2, 0.25) is 0 Å². The zero-order valence-corrected chi connectivity index (χ0v) is 39.2. The maximum absolute atomic E-state index is 14.9. The van der Waals surface area contributed by atoms with E-state index in [1.54, 1.807) is 48.5 Å². The maximum Gasteiger partial charge on any atom is 0.123 e. The van der Waals surface area contributed by atoms with Crippen molar-refractivity contribution in [2.75, 3.05) is 0 Å². The van der Waals surface area contributed by atoms with Crippen LogP contribution < -0.4 is 0 Å². The average Bonchev–Trinajstić information content (AvgIpc) is 3.32. The lowest BCUT2D eigenvalue weighted by Crippen LogP contribution is -2.17. The van der Waals surface area contributed by atoms with Crippen molar-refractivity contribution in [1.82, 2.24) is 0 Å². The highest BCUT2D eigenvalue weighted by molar-refractivity contribution is 5.68. The number of phenols is 4. The third-order valence-corrected chi connectivity index (χ3v) is 14.9. The molecule has 4 nitrogen and oxygen atoms in total. The van der Waals surface area contributed by atoms with Crippen LogP contribution in [-0.2, 0) is 0 Å². The smallest absolute Gasteiger partial charge is 0.123 e. The van der Waals surface area contributed by atoms with Crippen LogP contribution in [0, 0.1) is 78.7 Å². The van der Waals surface area contributed by atoms with Gasteiger partial charge in [-0.1, -0.05) is 72.8 Å². The first-order valence-electron chi connectivity index (χ1n) is 22.7. The number of halogens is 4. The van der Waals surface area contributed by atoms with Crippen LogP contribution in [0.5, 0.6) is 23.0 Å². The molecule has 8 aromatic rings. The van der Waals surface area contributed by atoms with Crippen LogP contribution in [0.15, 0.2) is 121 Å². The molecule has 0 amide bonds. The molecular weight excluding hydrogens is 861 g/mol. The molecule has 0 fully saturated rings. The molecule has 0 heterocycles. The summed E-state index contributed by atoms with van der Waals surface area (Å²) in [4.78, 5) is 0. The minimum Gasteiger partial charge on any atom is -0.507 e. The van der Waals surface area contributed by atoms with Gasteiger partial charge in [-0.2, -0.15) is 0 Å². The molecule has 0 aliphatic heterocycles. The van der Waals surface area contributed by atoms with Crippen LogP contribution in [0.4, 0.5) is 17.6 Å². The zero-order valence-electron chi connectivity index (χ0n) is 39.2. The third kappa shape index (κ3) is 7.56. The highest BCUT2D eigenvalue weighted by Gasteiger charge is 2.35. The fraction of sp³-hybridized carbons (Fsp3) is 0.200. The van der Waals surface area contributed by atoms with Crippen LogP contribution in [0.2, 0.25) is 0 Å². The van der Waals surface area contributed by atoms with Crippen LogP contribution in [0.3, 0.4) is 0 Å². The summed E-state index contributed by atoms with van der Waals surface area (Å²) in [5.41, 5.74) is 12.2. The van der Waals surface area contributed by atoms with Gasteiger partial charge < -0.3 is 20.4 Å². The van der Waals surface area contributed by atoms with E-state index in [1.165, 1.54) is 48.5 Å². The first-order chi connectivity index (χ1) is 32.4. The highest BCUT2D eigenvalue weighted by atomic mass is 19.1. The zero-order chi connectivity index (χ0) is 48.6. The first kappa shape index (κ1) is 45.8. The highest BCUT2D eigenvalue weighted by Crippen LogP contribution is 2.52. The molecule has 0 saturated carbocycles. The van der Waals surface area contributed by atoms with E-state index < -0.39 is 46.9 Å². The molecule has 0 spiro atoms. The number of benzene rings is 8. The van der Waals surface area contributed by atoms with Crippen molar-refractivity contribution >= 4 is 0 Å². The van der Waals surface area contributed by atoms with Gasteiger partial charge in [-0.3, -0.25) is 0 Å². The molecule has 8 aromatic carbocycles. The Morgan fingerprint density at radius 3 is 0.515 bits per heavy atom. The van der Waals surface area contributed by atoms with Gasteiger partial charge in [0.15, 0.2) is 0 Å². The summed E-state index contributed by atoms with van der Waals surface area (Å²) >= 11 is 0. The maximum atomic E-state index is 14.9. The van der Waals surface area contributed by atoms with Crippen LogP contribution >= 0.6 is 0 Å². The summed E-state index contributed by atoms with van der Waals surface area (Å²) in [5, 5.41) is 49.7. The van der Waals surface area contributed by atoms with Gasteiger partial charge in [-0.25, -0.2) is 17.6 Å². The SMILES string of the molecule is Cc1c2cc(c(C)c1O)C(c1ccc(F)cc1)c1cc(c(C)c(O)c1C)C(c1ccc(F)cc1)c1cc(c(C)c(O)c1C)C(c1ccc(F)cc1)c1cc(c(C)c(O)c1C)C2c1ccc(F)cc1. The first-order valence-corrected chi connectivity index (χ1v) is 22.7. The number of fused-ring (bicyclic) bond motifs is 8. The summed E-state index contributed by atoms with van der Waals surface area (Å²) in [6.45, 7) is 14.6. The van der Waals surface area contributed by atoms with E-state index in [0.29, 0.717) is 111 Å². The Morgan fingerprint density at radius 2 is 0.382 bits per heavy atom. The topological polar surface area (TPSA) is 80.9 Å². The second-order valence-electron chi connectivity index (χ2n) is 18.6. The van der Waals surface area contributed by atoms with Crippen molar-refractivity contribution in [1.29, 1.82) is 0 Å². The van der Waals surface area contributed by atoms with Crippen molar-refractivity contribution in [3.05, 3.63) is 256 Å². The van der Waals surface area contributed by atoms with Gasteiger partial charge in [-0.15, -0.1) is 0 Å². The monoisotopic (exact) mass is 912 g/mol. The molecule has 344 valence electrons. The molecule has 8 heteroatoms. The van der Waals surface area contributed by atoms with Gasteiger partial charge in [0.25, 0.3) is 0 Å². The molecule has 0 atom stereocenters. The Kier molecular flexibility index (Phi) is 11.7. The molecule has 1 aliphatic carbocycles. The second kappa shape index (κ2) is 17.4. The fourth-order valence-corrected chi connectivity index (χ4v) is 10.9. The normalized spacial score (nSPS) is 16.8. The minimum absolute atomic E-state index is 0.00587. The van der Waals surface area contributed by atoms with Crippen molar-refractivity contribution in [3.8, 4) is 23.0 Å². The fourth-order valence-electron chi connectivity index (χ4n) is 10.9. The third-order valence-electron chi connectivity index (χ3n) is 14.9. The molecule has 9 rings (SSSR count). The molecule has 0 radical (unpaired) electrons. The second-order valence-corrected chi connectivity index (χ2v) is 18.6. The Balaban J connectivity index is 1.54. The molecular formula is C60H52F4O4. The van der Waals surface area contributed by atoms with E-state index in [4.69, 9.17) is 0 Å². The predicted octanol–water partition coefficient (Wildman–Crippen LogP) is 14.6. The van der Waals surface area contributed by atoms with Gasteiger partial charge in [-0.05, 0) is 215 Å². The molecule has 0 aromatic heterocycles. The average molecular weight is 913 g/mol. The van der Waals surface area contributed by atoms with Crippen molar-refractivity contribution in [2.45, 2.75) is 79.1 Å². The lowest BCUT2D eigenvalue weighted by atomic mass is 9.71. The Labute approximate surface area is 394 Å². The quantitative estimate of drug-likeness (QED) is 0.133. The van der Waals surface area contributed by atoms with E-state index in [-0.39, 0.29) is 23.0 Å². The van der Waals surface area contributed by atoms with Gasteiger partial charge in [0.1, 0.15) is 46.3 Å². The molecule has 68 heavy (non-hydrogen) atoms.